The smallest absolute Gasteiger partial charge is 0.157 e. The summed E-state index contributed by atoms with van der Waals surface area (Å²) in [4.78, 5) is 16.2. The van der Waals surface area contributed by atoms with Gasteiger partial charge in [0.2, 0.25) is 0 Å². The number of hydrogen-bond donors (Lipinski definition) is 1. The van der Waals surface area contributed by atoms with Crippen molar-refractivity contribution < 1.29 is 9.53 Å². The van der Waals surface area contributed by atoms with E-state index in [1.807, 2.05) is 13.1 Å². The van der Waals surface area contributed by atoms with Crippen molar-refractivity contribution in [1.29, 1.82) is 0 Å². The van der Waals surface area contributed by atoms with E-state index in [4.69, 9.17) is 9.72 Å². The Morgan fingerprint density at radius 1 is 1.29 bits per heavy atom. The second-order valence-electron chi connectivity index (χ2n) is 7.29. The van der Waals surface area contributed by atoms with E-state index in [0.29, 0.717) is 17.4 Å². The predicted octanol–water partition coefficient (Wildman–Crippen LogP) is 4.39. The number of nitrogens with one attached hydrogen (secondary N) is 1. The van der Waals surface area contributed by atoms with Crippen molar-refractivity contribution in [3.05, 3.63) is 42.0 Å². The van der Waals surface area contributed by atoms with Crippen LogP contribution < -0.4 is 10.1 Å². The van der Waals surface area contributed by atoms with Crippen LogP contribution in [-0.2, 0) is 7.05 Å². The zero-order chi connectivity index (χ0) is 19.4. The van der Waals surface area contributed by atoms with Gasteiger partial charge in [0.25, 0.3) is 0 Å². The number of imidazole rings is 1. The molecule has 1 aliphatic heterocycles. The Hall–Kier alpha value is -3.28. The minimum absolute atomic E-state index is 0.356. The lowest BCUT2D eigenvalue weighted by molar-refractivity contribution is 0.112. The first-order valence-corrected chi connectivity index (χ1v) is 9.54. The summed E-state index contributed by atoms with van der Waals surface area (Å²) in [6.45, 7) is 3.11. The summed E-state index contributed by atoms with van der Waals surface area (Å²) >= 11 is 0. The molecule has 4 aromatic rings. The third-order valence-electron chi connectivity index (χ3n) is 5.77. The lowest BCUT2D eigenvalue weighted by atomic mass is 10.1. The zero-order valence-corrected chi connectivity index (χ0v) is 16.2. The number of nitrogens with zero attached hydrogens (tertiary/aromatic N) is 3. The van der Waals surface area contributed by atoms with E-state index in [0.717, 1.165) is 47.5 Å². The van der Waals surface area contributed by atoms with Crippen LogP contribution in [0.2, 0.25) is 0 Å². The van der Waals surface area contributed by atoms with Gasteiger partial charge in [0.05, 0.1) is 35.6 Å². The molecule has 0 radical (unpaired) electrons. The minimum atomic E-state index is 0.356. The standard InChI is InChI=1S/C22H22N4O2/c1-4-15-11-23-16-7-5-6-14-10-18(26(15)20(14)16)22-24-17-8-13(12-27)9-19(28-3)21(17)25(22)2/h5-10,12,15,23H,4,11H2,1-3H3. The van der Waals surface area contributed by atoms with Crippen LogP contribution in [0.3, 0.4) is 0 Å². The fraction of sp³-hybridized carbons (Fsp3) is 0.273. The molecule has 5 rings (SSSR count). The molecular formula is C22H22N4O2. The van der Waals surface area contributed by atoms with Gasteiger partial charge in [0.15, 0.2) is 5.82 Å². The Morgan fingerprint density at radius 2 is 2.14 bits per heavy atom. The van der Waals surface area contributed by atoms with E-state index in [1.165, 1.54) is 10.9 Å². The first kappa shape index (κ1) is 16.9. The normalized spacial score (nSPS) is 15.8. The number of hydrogen-bond acceptors (Lipinski definition) is 4. The number of para-hydroxylation sites is 1. The average molecular weight is 374 g/mol. The molecule has 28 heavy (non-hydrogen) atoms. The summed E-state index contributed by atoms with van der Waals surface area (Å²) < 4.78 is 10.0. The quantitative estimate of drug-likeness (QED) is 0.538. The lowest BCUT2D eigenvalue weighted by Crippen LogP contribution is -2.24. The van der Waals surface area contributed by atoms with Gasteiger partial charge in [0, 0.05) is 24.5 Å². The molecule has 0 saturated heterocycles. The highest BCUT2D eigenvalue weighted by molar-refractivity contribution is 5.97. The molecule has 1 atom stereocenters. The molecule has 2 aromatic carbocycles. The predicted molar refractivity (Wildman–Crippen MR) is 111 cm³/mol. The van der Waals surface area contributed by atoms with E-state index < -0.39 is 0 Å². The van der Waals surface area contributed by atoms with Gasteiger partial charge < -0.3 is 19.2 Å². The van der Waals surface area contributed by atoms with Gasteiger partial charge in [-0.3, -0.25) is 4.79 Å². The highest BCUT2D eigenvalue weighted by Gasteiger charge is 2.26. The second kappa shape index (κ2) is 6.12. The van der Waals surface area contributed by atoms with Crippen molar-refractivity contribution in [3.8, 4) is 17.3 Å². The molecule has 6 nitrogen and oxygen atoms in total. The number of aryl methyl sites for hydroxylation is 1. The summed E-state index contributed by atoms with van der Waals surface area (Å²) in [6.07, 6.45) is 1.86. The number of carbonyl (C=O) groups is 1. The van der Waals surface area contributed by atoms with E-state index in [2.05, 4.69) is 45.6 Å². The maximum absolute atomic E-state index is 11.3. The first-order chi connectivity index (χ1) is 13.7. The molecule has 1 unspecified atom stereocenters. The van der Waals surface area contributed by atoms with Crippen LogP contribution >= 0.6 is 0 Å². The summed E-state index contributed by atoms with van der Waals surface area (Å²) in [5, 5.41) is 4.76. The molecular weight excluding hydrogens is 352 g/mol. The Kier molecular flexibility index (Phi) is 3.69. The van der Waals surface area contributed by atoms with Crippen molar-refractivity contribution in [2.24, 2.45) is 7.05 Å². The monoisotopic (exact) mass is 374 g/mol. The molecule has 0 bridgehead atoms. The number of methoxy groups -OCH3 is 1. The summed E-state index contributed by atoms with van der Waals surface area (Å²) in [7, 11) is 3.62. The molecule has 1 N–H and O–H groups in total. The third-order valence-corrected chi connectivity index (χ3v) is 5.77. The maximum Gasteiger partial charge on any atom is 0.157 e. The number of ether oxygens (including phenoxy) is 1. The Balaban J connectivity index is 1.84. The highest BCUT2D eigenvalue weighted by atomic mass is 16.5. The van der Waals surface area contributed by atoms with Crippen LogP contribution in [0, 0.1) is 0 Å². The number of aldehydes is 1. The molecule has 2 aromatic heterocycles. The van der Waals surface area contributed by atoms with Gasteiger partial charge in [-0.1, -0.05) is 19.1 Å². The minimum Gasteiger partial charge on any atom is -0.494 e. The number of benzene rings is 2. The highest BCUT2D eigenvalue weighted by Crippen LogP contribution is 2.40. The van der Waals surface area contributed by atoms with E-state index >= 15 is 0 Å². The number of anilines is 1. The molecule has 0 aliphatic carbocycles. The van der Waals surface area contributed by atoms with Crippen LogP contribution in [0.15, 0.2) is 36.4 Å². The van der Waals surface area contributed by atoms with Gasteiger partial charge in [0.1, 0.15) is 17.6 Å². The number of carbonyl (C=O) groups excluding carboxylic acids is 1. The van der Waals surface area contributed by atoms with Crippen LogP contribution in [0.1, 0.15) is 29.7 Å². The molecule has 6 heteroatoms. The SMILES string of the molecule is CCC1CNc2cccc3cc(-c4nc5cc(C=O)cc(OC)c5n4C)n1c23. The molecule has 0 fully saturated rings. The summed E-state index contributed by atoms with van der Waals surface area (Å²) in [5.41, 5.74) is 5.69. The number of aromatic nitrogens is 3. The second-order valence-corrected chi connectivity index (χ2v) is 7.29. The van der Waals surface area contributed by atoms with Gasteiger partial charge in [-0.15, -0.1) is 0 Å². The van der Waals surface area contributed by atoms with Crippen LogP contribution in [0.25, 0.3) is 33.5 Å². The van der Waals surface area contributed by atoms with E-state index in [-0.39, 0.29) is 0 Å². The molecule has 142 valence electrons. The fourth-order valence-corrected chi connectivity index (χ4v) is 4.41. The summed E-state index contributed by atoms with van der Waals surface area (Å²) in [6, 6.07) is 12.5. The fourth-order valence-electron chi connectivity index (χ4n) is 4.41. The van der Waals surface area contributed by atoms with Crippen molar-refractivity contribution in [2.75, 3.05) is 19.0 Å². The lowest BCUT2D eigenvalue weighted by Gasteiger charge is -2.28. The van der Waals surface area contributed by atoms with Crippen molar-refractivity contribution >= 4 is 33.9 Å². The third kappa shape index (κ3) is 2.21. The topological polar surface area (TPSA) is 61.1 Å². The first-order valence-electron chi connectivity index (χ1n) is 9.54. The van der Waals surface area contributed by atoms with Crippen molar-refractivity contribution in [1.82, 2.24) is 14.1 Å². The van der Waals surface area contributed by atoms with Crippen molar-refractivity contribution in [2.45, 2.75) is 19.4 Å². The molecule has 0 spiro atoms. The van der Waals surface area contributed by atoms with Crippen LogP contribution in [0.5, 0.6) is 5.75 Å². The van der Waals surface area contributed by atoms with E-state index in [9.17, 15) is 4.79 Å². The van der Waals surface area contributed by atoms with Crippen LogP contribution in [-0.4, -0.2) is 34.1 Å². The van der Waals surface area contributed by atoms with Crippen molar-refractivity contribution in [3.63, 3.8) is 0 Å². The largest absolute Gasteiger partial charge is 0.494 e. The molecule has 0 saturated carbocycles. The van der Waals surface area contributed by atoms with Gasteiger partial charge in [-0.25, -0.2) is 4.98 Å². The number of fused-ring (bicyclic) bond motifs is 1. The molecule has 1 aliphatic rings. The Morgan fingerprint density at radius 3 is 2.89 bits per heavy atom. The van der Waals surface area contributed by atoms with Gasteiger partial charge in [-0.2, -0.15) is 0 Å². The Labute approximate surface area is 162 Å². The van der Waals surface area contributed by atoms with Crippen LogP contribution in [0.4, 0.5) is 5.69 Å². The van der Waals surface area contributed by atoms with Gasteiger partial charge >= 0.3 is 0 Å². The molecule has 3 heterocycles. The number of rotatable bonds is 4. The average Bonchev–Trinajstić information content (AvgIpc) is 3.27. The maximum atomic E-state index is 11.3. The van der Waals surface area contributed by atoms with E-state index in [1.54, 1.807) is 13.2 Å². The zero-order valence-electron chi connectivity index (χ0n) is 16.2. The van der Waals surface area contributed by atoms with Gasteiger partial charge in [-0.05, 0) is 30.7 Å². The molecule has 0 amide bonds. The summed E-state index contributed by atoms with van der Waals surface area (Å²) in [5.74, 6) is 1.53. The Bertz CT molecular complexity index is 1230.